The number of rotatable bonds is 1. The van der Waals surface area contributed by atoms with Crippen LogP contribution in [0.5, 0.6) is 0 Å². The number of carbonyl (C=O) groups excluding carboxylic acids is 1. The molecule has 2 rings (SSSR count). The van der Waals surface area contributed by atoms with Crippen LogP contribution in [0.4, 0.5) is 0 Å². The number of amides is 1. The second-order valence-corrected chi connectivity index (χ2v) is 4.03. The number of hydrogen-bond donors (Lipinski definition) is 1. The summed E-state index contributed by atoms with van der Waals surface area (Å²) >= 11 is 0. The first-order chi connectivity index (χ1) is 7.19. The van der Waals surface area contributed by atoms with E-state index in [1.807, 2.05) is 5.01 Å². The van der Waals surface area contributed by atoms with Crippen molar-refractivity contribution >= 4 is 12.6 Å². The number of carbonyl (C=O) groups is 1. The minimum atomic E-state index is 0.0541. The molecule has 0 spiro atoms. The fourth-order valence-corrected chi connectivity index (χ4v) is 2.15. The summed E-state index contributed by atoms with van der Waals surface area (Å²) < 4.78 is 0. The lowest BCUT2D eigenvalue weighted by atomic mass is 10.1. The Balaban J connectivity index is 2.08. The number of piperazine rings is 1. The normalized spacial score (nSPS) is 28.0. The second kappa shape index (κ2) is 4.02. The van der Waals surface area contributed by atoms with Crippen LogP contribution in [0, 0.1) is 0 Å². The maximum absolute atomic E-state index is 11.5. The predicted octanol–water partition coefficient (Wildman–Crippen LogP) is -0.378. The summed E-state index contributed by atoms with van der Waals surface area (Å²) in [5.41, 5.74) is 0.794. The average Bonchev–Trinajstić information content (AvgIpc) is 2.33. The van der Waals surface area contributed by atoms with Crippen LogP contribution in [0.15, 0.2) is 17.4 Å². The molecule has 2 fully saturated rings. The molecule has 1 N–H and O–H groups in total. The van der Waals surface area contributed by atoms with Crippen LogP contribution in [0.1, 0.15) is 6.42 Å². The molecule has 0 saturated carbocycles. The average molecular weight is 208 g/mol. The summed E-state index contributed by atoms with van der Waals surface area (Å²) in [7, 11) is 0. The van der Waals surface area contributed by atoms with Gasteiger partial charge in [-0.3, -0.25) is 14.7 Å². The van der Waals surface area contributed by atoms with E-state index in [1.165, 1.54) is 0 Å². The Morgan fingerprint density at radius 3 is 3.00 bits per heavy atom. The topological polar surface area (TPSA) is 47.9 Å². The largest absolute Gasteiger partial charge is 0.329 e. The Hall–Kier alpha value is -1.36. The van der Waals surface area contributed by atoms with Crippen molar-refractivity contribution in [2.24, 2.45) is 5.10 Å². The first kappa shape index (κ1) is 10.2. The van der Waals surface area contributed by atoms with Crippen LogP contribution >= 0.6 is 0 Å². The molecule has 0 aliphatic carbocycles. The van der Waals surface area contributed by atoms with E-state index in [-0.39, 0.29) is 11.9 Å². The third-order valence-electron chi connectivity index (χ3n) is 2.91. The van der Waals surface area contributed by atoms with E-state index in [4.69, 9.17) is 0 Å². The van der Waals surface area contributed by atoms with Crippen molar-refractivity contribution in [2.45, 2.75) is 12.5 Å². The molecule has 0 aromatic rings. The van der Waals surface area contributed by atoms with E-state index in [2.05, 4.69) is 28.6 Å². The lowest BCUT2D eigenvalue weighted by Crippen LogP contribution is -2.51. The summed E-state index contributed by atoms with van der Waals surface area (Å²) in [4.78, 5) is 13.8. The van der Waals surface area contributed by atoms with Gasteiger partial charge in [0.1, 0.15) is 0 Å². The molecule has 1 atom stereocenters. The van der Waals surface area contributed by atoms with Gasteiger partial charge in [-0.1, -0.05) is 6.58 Å². The lowest BCUT2D eigenvalue weighted by molar-refractivity contribution is -0.121. The fraction of sp³-hybridized carbons (Fsp3) is 0.600. The Morgan fingerprint density at radius 1 is 1.47 bits per heavy atom. The molecule has 82 valence electrons. The number of nitrogens with one attached hydrogen (secondary N) is 1. The monoisotopic (exact) mass is 208 g/mol. The summed E-state index contributed by atoms with van der Waals surface area (Å²) in [6, 6.07) is 0.239. The lowest BCUT2D eigenvalue weighted by Gasteiger charge is -2.38. The van der Waals surface area contributed by atoms with Gasteiger partial charge in [0.2, 0.25) is 5.91 Å². The van der Waals surface area contributed by atoms with Crippen molar-refractivity contribution in [3.8, 4) is 0 Å². The van der Waals surface area contributed by atoms with Crippen molar-refractivity contribution in [3.05, 3.63) is 12.3 Å². The minimum Gasteiger partial charge on any atom is -0.329 e. The molecule has 2 saturated heterocycles. The van der Waals surface area contributed by atoms with Crippen LogP contribution < -0.4 is 5.32 Å². The molecule has 5 heteroatoms. The molecule has 2 aliphatic rings. The highest BCUT2D eigenvalue weighted by molar-refractivity contribution is 5.78. The van der Waals surface area contributed by atoms with Crippen molar-refractivity contribution in [1.82, 2.24) is 15.2 Å². The summed E-state index contributed by atoms with van der Waals surface area (Å²) in [5, 5.41) is 8.63. The van der Waals surface area contributed by atoms with Crippen molar-refractivity contribution in [1.29, 1.82) is 0 Å². The van der Waals surface area contributed by atoms with Crippen LogP contribution in [-0.4, -0.2) is 54.8 Å². The molecular weight excluding hydrogens is 192 g/mol. The van der Waals surface area contributed by atoms with Crippen LogP contribution in [0.2, 0.25) is 0 Å². The van der Waals surface area contributed by atoms with Gasteiger partial charge < -0.3 is 5.32 Å². The molecular formula is C10H16N4O. The number of nitrogens with zero attached hydrogens (tertiary/aromatic N) is 3. The first-order valence-corrected chi connectivity index (χ1v) is 5.12. The number of hydrogen-bond acceptors (Lipinski definition) is 4. The van der Waals surface area contributed by atoms with E-state index in [0.29, 0.717) is 6.42 Å². The van der Waals surface area contributed by atoms with Gasteiger partial charge >= 0.3 is 0 Å². The zero-order valence-corrected chi connectivity index (χ0v) is 8.78. The third kappa shape index (κ3) is 2.18. The highest BCUT2D eigenvalue weighted by Gasteiger charge is 2.30. The van der Waals surface area contributed by atoms with Gasteiger partial charge in [-0.25, -0.2) is 0 Å². The molecule has 0 radical (unpaired) electrons. The fourth-order valence-electron chi connectivity index (χ4n) is 2.15. The minimum absolute atomic E-state index is 0.0541. The Kier molecular flexibility index (Phi) is 2.73. The van der Waals surface area contributed by atoms with Gasteiger partial charge in [0, 0.05) is 44.5 Å². The Labute approximate surface area is 89.4 Å². The third-order valence-corrected chi connectivity index (χ3v) is 2.91. The number of hydrazone groups is 1. The smallest absolute Gasteiger partial charge is 0.225 e. The standard InChI is InChI=1S/C10H16N4O/c1-8-6-13-3-4-14(11-2)7-9(13)5-10(15)12-8/h9H,1-7H2,(H,12,15). The zero-order chi connectivity index (χ0) is 10.8. The van der Waals surface area contributed by atoms with Crippen LogP contribution in [0.25, 0.3) is 0 Å². The van der Waals surface area contributed by atoms with Gasteiger partial charge in [0.05, 0.1) is 6.54 Å². The molecule has 5 nitrogen and oxygen atoms in total. The Morgan fingerprint density at radius 2 is 2.27 bits per heavy atom. The number of fused-ring (bicyclic) bond motifs is 1. The van der Waals surface area contributed by atoms with E-state index < -0.39 is 0 Å². The maximum Gasteiger partial charge on any atom is 0.225 e. The van der Waals surface area contributed by atoms with Crippen molar-refractivity contribution < 1.29 is 4.79 Å². The SMILES string of the molecule is C=NN1CCN2CC(=C)NC(=O)CC2C1. The molecule has 1 amide bonds. The molecule has 15 heavy (non-hydrogen) atoms. The zero-order valence-electron chi connectivity index (χ0n) is 8.78. The summed E-state index contributed by atoms with van der Waals surface area (Å²) in [5.74, 6) is 0.0541. The quantitative estimate of drug-likeness (QED) is 0.598. The van der Waals surface area contributed by atoms with Gasteiger partial charge in [-0.2, -0.15) is 5.10 Å². The van der Waals surface area contributed by atoms with Crippen molar-refractivity contribution in [2.75, 3.05) is 26.2 Å². The van der Waals surface area contributed by atoms with E-state index in [0.717, 1.165) is 31.9 Å². The molecule has 1 unspecified atom stereocenters. The van der Waals surface area contributed by atoms with Crippen LogP contribution in [0.3, 0.4) is 0 Å². The Bertz CT molecular complexity index is 302. The molecule has 2 aliphatic heterocycles. The van der Waals surface area contributed by atoms with E-state index in [1.54, 1.807) is 0 Å². The van der Waals surface area contributed by atoms with Gasteiger partial charge in [0.25, 0.3) is 0 Å². The van der Waals surface area contributed by atoms with Gasteiger partial charge in [-0.05, 0) is 0 Å². The highest BCUT2D eigenvalue weighted by atomic mass is 16.1. The van der Waals surface area contributed by atoms with Gasteiger partial charge in [0.15, 0.2) is 0 Å². The summed E-state index contributed by atoms with van der Waals surface area (Å²) in [6.45, 7) is 10.7. The van der Waals surface area contributed by atoms with Crippen LogP contribution in [-0.2, 0) is 4.79 Å². The highest BCUT2D eigenvalue weighted by Crippen LogP contribution is 2.16. The van der Waals surface area contributed by atoms with E-state index in [9.17, 15) is 4.79 Å². The van der Waals surface area contributed by atoms with E-state index >= 15 is 0 Å². The van der Waals surface area contributed by atoms with Crippen molar-refractivity contribution in [3.63, 3.8) is 0 Å². The predicted molar refractivity (Wildman–Crippen MR) is 58.4 cm³/mol. The second-order valence-electron chi connectivity index (χ2n) is 4.03. The molecule has 0 aromatic heterocycles. The molecule has 0 aromatic carbocycles. The van der Waals surface area contributed by atoms with Gasteiger partial charge in [-0.15, -0.1) is 0 Å². The first-order valence-electron chi connectivity index (χ1n) is 5.12. The molecule has 0 bridgehead atoms. The maximum atomic E-state index is 11.5. The summed E-state index contributed by atoms with van der Waals surface area (Å²) in [6.07, 6.45) is 0.519. The molecule has 2 heterocycles.